The molecule has 0 atom stereocenters. The summed E-state index contributed by atoms with van der Waals surface area (Å²) in [5.74, 6) is 1.74. The predicted octanol–water partition coefficient (Wildman–Crippen LogP) is 2.59. The van der Waals surface area contributed by atoms with E-state index >= 15 is 0 Å². The Morgan fingerprint density at radius 2 is 2.00 bits per heavy atom. The van der Waals surface area contributed by atoms with Gasteiger partial charge in [0.2, 0.25) is 0 Å². The van der Waals surface area contributed by atoms with Crippen molar-refractivity contribution in [1.29, 1.82) is 0 Å². The Hall–Kier alpha value is -0.860. The average Bonchev–Trinajstić information content (AvgIpc) is 2.57. The Balaban J connectivity index is 2.78. The van der Waals surface area contributed by atoms with Gasteiger partial charge in [-0.05, 0) is 19.3 Å². The van der Waals surface area contributed by atoms with Crippen molar-refractivity contribution in [2.24, 2.45) is 0 Å². The quantitative estimate of drug-likeness (QED) is 0.699. The molecule has 1 rings (SSSR count). The van der Waals surface area contributed by atoms with E-state index in [1.165, 1.54) is 0 Å². The molecule has 3 nitrogen and oxygen atoms in total. The molecule has 74 valence electrons. The molecule has 1 aromatic rings. The molecule has 0 fully saturated rings. The summed E-state index contributed by atoms with van der Waals surface area (Å²) in [4.78, 5) is 0. The highest BCUT2D eigenvalue weighted by atomic mass is 15.3. The Labute approximate surface area is 80.2 Å². The molecule has 0 radical (unpaired) electrons. The maximum atomic E-state index is 4.19. The second-order valence-corrected chi connectivity index (χ2v) is 3.40. The molecular formula is C10H19N3. The monoisotopic (exact) mass is 181 g/mol. The van der Waals surface area contributed by atoms with Gasteiger partial charge in [-0.15, -0.1) is 10.2 Å². The lowest BCUT2D eigenvalue weighted by Crippen LogP contribution is -2.07. The number of nitrogens with zero attached hydrogens (tertiary/aromatic N) is 3. The van der Waals surface area contributed by atoms with Gasteiger partial charge in [-0.2, -0.15) is 0 Å². The zero-order valence-electron chi connectivity index (χ0n) is 8.82. The normalized spacial score (nSPS) is 11.1. The molecular weight excluding hydrogens is 162 g/mol. The summed E-state index contributed by atoms with van der Waals surface area (Å²) in [5, 5.41) is 8.16. The van der Waals surface area contributed by atoms with Gasteiger partial charge in [0.1, 0.15) is 12.2 Å². The first-order chi connectivity index (χ1) is 6.33. The van der Waals surface area contributed by atoms with Crippen LogP contribution in [0.1, 0.15) is 51.8 Å². The van der Waals surface area contributed by atoms with Crippen molar-refractivity contribution in [2.45, 2.75) is 52.5 Å². The van der Waals surface area contributed by atoms with Crippen molar-refractivity contribution < 1.29 is 0 Å². The summed E-state index contributed by atoms with van der Waals surface area (Å²) in [5.41, 5.74) is 0. The standard InChI is InChI=1S/C10H19N3/c1-4-7-13-8-11-12-10(13)9(5-2)6-3/h8-9H,4-7H2,1-3H3. The smallest absolute Gasteiger partial charge is 0.135 e. The van der Waals surface area contributed by atoms with Crippen LogP contribution in [-0.2, 0) is 6.54 Å². The fourth-order valence-corrected chi connectivity index (χ4v) is 1.65. The molecule has 0 bridgehead atoms. The minimum atomic E-state index is 0.578. The third-order valence-corrected chi connectivity index (χ3v) is 2.46. The van der Waals surface area contributed by atoms with E-state index in [0.29, 0.717) is 5.92 Å². The number of aromatic nitrogens is 3. The lowest BCUT2D eigenvalue weighted by molar-refractivity contribution is 0.541. The van der Waals surface area contributed by atoms with Crippen molar-refractivity contribution in [3.05, 3.63) is 12.2 Å². The maximum absolute atomic E-state index is 4.19. The molecule has 1 aromatic heterocycles. The van der Waals surface area contributed by atoms with E-state index in [2.05, 4.69) is 35.5 Å². The zero-order valence-corrected chi connectivity index (χ0v) is 8.82. The Bertz CT molecular complexity index is 238. The molecule has 0 saturated heterocycles. The van der Waals surface area contributed by atoms with Crippen LogP contribution in [0.4, 0.5) is 0 Å². The van der Waals surface area contributed by atoms with Gasteiger partial charge in [0.05, 0.1) is 0 Å². The van der Waals surface area contributed by atoms with E-state index in [9.17, 15) is 0 Å². The summed E-state index contributed by atoms with van der Waals surface area (Å²) < 4.78 is 2.18. The van der Waals surface area contributed by atoms with Crippen LogP contribution in [0.2, 0.25) is 0 Å². The van der Waals surface area contributed by atoms with Gasteiger partial charge in [0, 0.05) is 12.5 Å². The van der Waals surface area contributed by atoms with Crippen molar-refractivity contribution in [1.82, 2.24) is 14.8 Å². The molecule has 0 amide bonds. The van der Waals surface area contributed by atoms with Crippen LogP contribution < -0.4 is 0 Å². The molecule has 3 heteroatoms. The van der Waals surface area contributed by atoms with Crippen LogP contribution in [0.25, 0.3) is 0 Å². The highest BCUT2D eigenvalue weighted by Gasteiger charge is 2.13. The maximum Gasteiger partial charge on any atom is 0.135 e. The van der Waals surface area contributed by atoms with Crippen molar-refractivity contribution >= 4 is 0 Å². The molecule has 13 heavy (non-hydrogen) atoms. The van der Waals surface area contributed by atoms with Gasteiger partial charge in [0.25, 0.3) is 0 Å². The third kappa shape index (κ3) is 2.29. The molecule has 0 N–H and O–H groups in total. The topological polar surface area (TPSA) is 30.7 Å². The number of hydrogen-bond donors (Lipinski definition) is 0. The lowest BCUT2D eigenvalue weighted by Gasteiger charge is -2.12. The van der Waals surface area contributed by atoms with Gasteiger partial charge in [-0.1, -0.05) is 20.8 Å². The summed E-state index contributed by atoms with van der Waals surface area (Å²) >= 11 is 0. The van der Waals surface area contributed by atoms with Gasteiger partial charge < -0.3 is 4.57 Å². The first kappa shape index (κ1) is 10.2. The summed E-state index contributed by atoms with van der Waals surface area (Å²) in [7, 11) is 0. The second kappa shape index (κ2) is 5.00. The second-order valence-electron chi connectivity index (χ2n) is 3.40. The molecule has 0 aliphatic heterocycles. The van der Waals surface area contributed by atoms with E-state index in [1.807, 2.05) is 6.33 Å². The first-order valence-corrected chi connectivity index (χ1v) is 5.21. The van der Waals surface area contributed by atoms with Crippen molar-refractivity contribution in [2.75, 3.05) is 0 Å². The van der Waals surface area contributed by atoms with Gasteiger partial charge in [0.15, 0.2) is 0 Å². The molecule has 0 spiro atoms. The lowest BCUT2D eigenvalue weighted by atomic mass is 10.0. The zero-order chi connectivity index (χ0) is 9.68. The summed E-state index contributed by atoms with van der Waals surface area (Å²) in [6.45, 7) is 7.63. The SMILES string of the molecule is CCCn1cnnc1C(CC)CC. The van der Waals surface area contributed by atoms with Crippen LogP contribution >= 0.6 is 0 Å². The van der Waals surface area contributed by atoms with E-state index in [0.717, 1.165) is 31.6 Å². The molecule has 0 aliphatic carbocycles. The van der Waals surface area contributed by atoms with Crippen LogP contribution in [0.5, 0.6) is 0 Å². The average molecular weight is 181 g/mol. The largest absolute Gasteiger partial charge is 0.317 e. The van der Waals surface area contributed by atoms with Crippen LogP contribution in [0.15, 0.2) is 6.33 Å². The first-order valence-electron chi connectivity index (χ1n) is 5.21. The van der Waals surface area contributed by atoms with Crippen LogP contribution in [0.3, 0.4) is 0 Å². The molecule has 1 heterocycles. The summed E-state index contributed by atoms with van der Waals surface area (Å²) in [6.07, 6.45) is 5.29. The van der Waals surface area contributed by atoms with Crippen LogP contribution in [-0.4, -0.2) is 14.8 Å². The number of rotatable bonds is 5. The Kier molecular flexibility index (Phi) is 3.93. The highest BCUT2D eigenvalue weighted by molar-refractivity contribution is 4.95. The Morgan fingerprint density at radius 3 is 2.54 bits per heavy atom. The predicted molar refractivity (Wildman–Crippen MR) is 53.6 cm³/mol. The summed E-state index contributed by atoms with van der Waals surface area (Å²) in [6, 6.07) is 0. The molecule has 0 aromatic carbocycles. The number of hydrogen-bond acceptors (Lipinski definition) is 2. The van der Waals surface area contributed by atoms with Crippen molar-refractivity contribution in [3.8, 4) is 0 Å². The van der Waals surface area contributed by atoms with E-state index in [-0.39, 0.29) is 0 Å². The van der Waals surface area contributed by atoms with E-state index in [4.69, 9.17) is 0 Å². The van der Waals surface area contributed by atoms with Gasteiger partial charge >= 0.3 is 0 Å². The Morgan fingerprint density at radius 1 is 1.31 bits per heavy atom. The van der Waals surface area contributed by atoms with Crippen molar-refractivity contribution in [3.63, 3.8) is 0 Å². The minimum absolute atomic E-state index is 0.578. The third-order valence-electron chi connectivity index (χ3n) is 2.46. The van der Waals surface area contributed by atoms with Gasteiger partial charge in [-0.25, -0.2) is 0 Å². The number of aryl methyl sites for hydroxylation is 1. The molecule has 0 unspecified atom stereocenters. The molecule has 0 aliphatic rings. The fourth-order valence-electron chi connectivity index (χ4n) is 1.65. The van der Waals surface area contributed by atoms with Crippen LogP contribution in [0, 0.1) is 0 Å². The van der Waals surface area contributed by atoms with E-state index < -0.39 is 0 Å². The van der Waals surface area contributed by atoms with Gasteiger partial charge in [-0.3, -0.25) is 0 Å². The highest BCUT2D eigenvalue weighted by Crippen LogP contribution is 2.20. The fraction of sp³-hybridized carbons (Fsp3) is 0.800. The van der Waals surface area contributed by atoms with E-state index in [1.54, 1.807) is 0 Å². The molecule has 0 saturated carbocycles. The minimum Gasteiger partial charge on any atom is -0.317 e.